The van der Waals surface area contributed by atoms with Gasteiger partial charge in [0.1, 0.15) is 6.04 Å². The largest absolute Gasteiger partial charge is 0.480 e. The molecule has 0 bridgehead atoms. The van der Waals surface area contributed by atoms with Crippen LogP contribution in [0.5, 0.6) is 0 Å². The minimum atomic E-state index is -0.733. The van der Waals surface area contributed by atoms with Gasteiger partial charge < -0.3 is 9.84 Å². The molecular weight excluding hydrogens is 218 g/mol. The first-order chi connectivity index (χ1) is 7.99. The van der Waals surface area contributed by atoms with Gasteiger partial charge in [-0.1, -0.05) is 27.7 Å². The number of hydrogen-bond donors (Lipinski definition) is 1. The third-order valence-electron chi connectivity index (χ3n) is 3.21. The van der Waals surface area contributed by atoms with E-state index in [9.17, 15) is 9.90 Å². The van der Waals surface area contributed by atoms with E-state index in [2.05, 4.69) is 18.7 Å². The molecule has 0 saturated heterocycles. The van der Waals surface area contributed by atoms with E-state index in [1.807, 2.05) is 13.8 Å². The van der Waals surface area contributed by atoms with E-state index in [0.29, 0.717) is 19.2 Å². The van der Waals surface area contributed by atoms with Crippen molar-refractivity contribution < 1.29 is 14.6 Å². The van der Waals surface area contributed by atoms with Crippen molar-refractivity contribution in [3.8, 4) is 0 Å². The lowest BCUT2D eigenvalue weighted by Gasteiger charge is -2.37. The van der Waals surface area contributed by atoms with Crippen LogP contribution < -0.4 is 0 Å². The lowest BCUT2D eigenvalue weighted by Crippen LogP contribution is -2.51. The summed E-state index contributed by atoms with van der Waals surface area (Å²) in [5.74, 6) is -0.632. The van der Waals surface area contributed by atoms with Crippen LogP contribution in [0.1, 0.15) is 40.5 Å². The minimum absolute atomic E-state index is 0.102. The van der Waals surface area contributed by atoms with E-state index in [4.69, 9.17) is 4.74 Å². The summed E-state index contributed by atoms with van der Waals surface area (Å²) >= 11 is 0. The third-order valence-corrected chi connectivity index (χ3v) is 3.21. The molecule has 1 atom stereocenters. The van der Waals surface area contributed by atoms with Gasteiger partial charge in [0, 0.05) is 19.7 Å². The predicted octanol–water partition coefficient (Wildman–Crippen LogP) is 2.23. The van der Waals surface area contributed by atoms with E-state index in [1.165, 1.54) is 0 Å². The Hall–Kier alpha value is -0.610. The SMILES string of the molecule is CCC(CC)N(CCOC)C(C(=O)O)C(C)C. The summed E-state index contributed by atoms with van der Waals surface area (Å²) in [4.78, 5) is 13.5. The highest BCUT2D eigenvalue weighted by Crippen LogP contribution is 2.18. The van der Waals surface area contributed by atoms with Gasteiger partial charge in [-0.3, -0.25) is 9.69 Å². The second kappa shape index (κ2) is 8.48. The zero-order valence-electron chi connectivity index (χ0n) is 11.8. The average Bonchev–Trinajstić information content (AvgIpc) is 2.25. The number of methoxy groups -OCH3 is 1. The van der Waals surface area contributed by atoms with Crippen LogP contribution in [0.3, 0.4) is 0 Å². The second-order valence-electron chi connectivity index (χ2n) is 4.73. The van der Waals surface area contributed by atoms with Crippen molar-refractivity contribution >= 4 is 5.97 Å². The molecule has 0 heterocycles. The summed E-state index contributed by atoms with van der Waals surface area (Å²) in [5.41, 5.74) is 0. The zero-order chi connectivity index (χ0) is 13.4. The van der Waals surface area contributed by atoms with E-state index < -0.39 is 12.0 Å². The molecule has 1 unspecified atom stereocenters. The Kier molecular flexibility index (Phi) is 8.17. The molecule has 17 heavy (non-hydrogen) atoms. The molecule has 0 radical (unpaired) electrons. The number of nitrogens with zero attached hydrogens (tertiary/aromatic N) is 1. The zero-order valence-corrected chi connectivity index (χ0v) is 11.8. The standard InChI is InChI=1S/C13H27NO3/c1-6-11(7-2)14(8-9-17-5)12(10(3)4)13(15)16/h10-12H,6-9H2,1-5H3,(H,15,16). The molecule has 0 aromatic rings. The number of carboxylic acids is 1. The number of carboxylic acid groups (broad SMARTS) is 1. The monoisotopic (exact) mass is 245 g/mol. The fourth-order valence-corrected chi connectivity index (χ4v) is 2.31. The molecule has 1 N–H and O–H groups in total. The van der Waals surface area contributed by atoms with Gasteiger partial charge in [0.05, 0.1) is 6.61 Å². The van der Waals surface area contributed by atoms with Gasteiger partial charge in [0.2, 0.25) is 0 Å². The number of rotatable bonds is 9. The van der Waals surface area contributed by atoms with Gasteiger partial charge in [0.15, 0.2) is 0 Å². The van der Waals surface area contributed by atoms with Crippen molar-refractivity contribution in [3.05, 3.63) is 0 Å². The molecule has 102 valence electrons. The van der Waals surface area contributed by atoms with Crippen molar-refractivity contribution in [2.24, 2.45) is 5.92 Å². The van der Waals surface area contributed by atoms with Crippen LogP contribution in [0.4, 0.5) is 0 Å². The Balaban J connectivity index is 4.89. The summed E-state index contributed by atoms with van der Waals surface area (Å²) in [6, 6.07) is -0.108. The molecular formula is C13H27NO3. The fourth-order valence-electron chi connectivity index (χ4n) is 2.31. The number of aliphatic carboxylic acids is 1. The van der Waals surface area contributed by atoms with Crippen LogP contribution in [-0.4, -0.2) is 48.3 Å². The average molecular weight is 245 g/mol. The minimum Gasteiger partial charge on any atom is -0.480 e. The Bertz CT molecular complexity index is 215. The highest BCUT2D eigenvalue weighted by atomic mass is 16.5. The van der Waals surface area contributed by atoms with Gasteiger partial charge >= 0.3 is 5.97 Å². The van der Waals surface area contributed by atoms with E-state index in [1.54, 1.807) is 7.11 Å². The molecule has 0 rings (SSSR count). The summed E-state index contributed by atoms with van der Waals surface area (Å²) < 4.78 is 5.09. The van der Waals surface area contributed by atoms with Gasteiger partial charge in [-0.15, -0.1) is 0 Å². The van der Waals surface area contributed by atoms with Crippen molar-refractivity contribution in [1.82, 2.24) is 4.90 Å². The molecule has 0 fully saturated rings. The lowest BCUT2D eigenvalue weighted by molar-refractivity contribution is -0.146. The second-order valence-corrected chi connectivity index (χ2v) is 4.73. The number of hydrogen-bond acceptors (Lipinski definition) is 3. The smallest absolute Gasteiger partial charge is 0.321 e. The van der Waals surface area contributed by atoms with Gasteiger partial charge in [-0.2, -0.15) is 0 Å². The highest BCUT2D eigenvalue weighted by molar-refractivity contribution is 5.73. The maximum absolute atomic E-state index is 11.4. The molecule has 0 aromatic heterocycles. The molecule has 0 spiro atoms. The van der Waals surface area contributed by atoms with Crippen molar-refractivity contribution in [3.63, 3.8) is 0 Å². The van der Waals surface area contributed by atoms with E-state index in [-0.39, 0.29) is 5.92 Å². The fraction of sp³-hybridized carbons (Fsp3) is 0.923. The lowest BCUT2D eigenvalue weighted by atomic mass is 9.98. The Morgan fingerprint density at radius 2 is 1.82 bits per heavy atom. The van der Waals surface area contributed by atoms with Gasteiger partial charge in [-0.25, -0.2) is 0 Å². The van der Waals surface area contributed by atoms with Gasteiger partial charge in [-0.05, 0) is 18.8 Å². The maximum atomic E-state index is 11.4. The Morgan fingerprint density at radius 3 is 2.12 bits per heavy atom. The van der Waals surface area contributed by atoms with Crippen LogP contribution >= 0.6 is 0 Å². The van der Waals surface area contributed by atoms with Crippen molar-refractivity contribution in [2.75, 3.05) is 20.3 Å². The third kappa shape index (κ3) is 5.04. The summed E-state index contributed by atoms with van der Waals surface area (Å²) in [6.45, 7) is 9.38. The summed E-state index contributed by atoms with van der Waals surface area (Å²) in [5, 5.41) is 9.37. The van der Waals surface area contributed by atoms with Crippen LogP contribution in [0.15, 0.2) is 0 Å². The Morgan fingerprint density at radius 1 is 1.29 bits per heavy atom. The van der Waals surface area contributed by atoms with Crippen LogP contribution in [0, 0.1) is 5.92 Å². The Labute approximate surface area is 105 Å². The number of carbonyl (C=O) groups is 1. The molecule has 0 aliphatic rings. The normalized spacial score (nSPS) is 13.6. The molecule has 0 aliphatic heterocycles. The van der Waals surface area contributed by atoms with Crippen LogP contribution in [-0.2, 0) is 9.53 Å². The van der Waals surface area contributed by atoms with E-state index >= 15 is 0 Å². The molecule has 0 amide bonds. The molecule has 0 aromatic carbocycles. The van der Waals surface area contributed by atoms with Crippen LogP contribution in [0.2, 0.25) is 0 Å². The number of ether oxygens (including phenoxy) is 1. The molecule has 0 saturated carbocycles. The summed E-state index contributed by atoms with van der Waals surface area (Å²) in [6.07, 6.45) is 1.94. The topological polar surface area (TPSA) is 49.8 Å². The van der Waals surface area contributed by atoms with Crippen molar-refractivity contribution in [1.29, 1.82) is 0 Å². The molecule has 0 aliphatic carbocycles. The van der Waals surface area contributed by atoms with E-state index in [0.717, 1.165) is 12.8 Å². The quantitative estimate of drug-likeness (QED) is 0.677. The maximum Gasteiger partial charge on any atom is 0.321 e. The van der Waals surface area contributed by atoms with Crippen LogP contribution in [0.25, 0.3) is 0 Å². The first-order valence-electron chi connectivity index (χ1n) is 6.46. The molecule has 4 nitrogen and oxygen atoms in total. The highest BCUT2D eigenvalue weighted by Gasteiger charge is 2.31. The predicted molar refractivity (Wildman–Crippen MR) is 69.2 cm³/mol. The first-order valence-corrected chi connectivity index (χ1v) is 6.46. The molecule has 4 heteroatoms. The summed E-state index contributed by atoms with van der Waals surface area (Å²) in [7, 11) is 1.65. The van der Waals surface area contributed by atoms with Gasteiger partial charge in [0.25, 0.3) is 0 Å². The van der Waals surface area contributed by atoms with Crippen molar-refractivity contribution in [2.45, 2.75) is 52.6 Å². The first kappa shape index (κ1) is 16.4.